The van der Waals surface area contributed by atoms with Crippen molar-refractivity contribution < 1.29 is 14.0 Å². The molecule has 1 aliphatic carbocycles. The van der Waals surface area contributed by atoms with E-state index in [1.54, 1.807) is 25.5 Å². The van der Waals surface area contributed by atoms with Gasteiger partial charge >= 0.3 is 0 Å². The van der Waals surface area contributed by atoms with Gasteiger partial charge in [-0.2, -0.15) is 0 Å². The third kappa shape index (κ3) is 5.32. The topological polar surface area (TPSA) is 90.5 Å². The Morgan fingerprint density at radius 2 is 1.86 bits per heavy atom. The van der Waals surface area contributed by atoms with E-state index in [9.17, 15) is 14.0 Å². The van der Waals surface area contributed by atoms with Crippen LogP contribution in [-0.4, -0.2) is 58.9 Å². The summed E-state index contributed by atoms with van der Waals surface area (Å²) in [6.45, 7) is 3.18. The molecule has 2 N–H and O–H groups in total. The van der Waals surface area contributed by atoms with E-state index in [0.29, 0.717) is 6.54 Å². The molecule has 198 valence electrons. The number of halogens is 1. The fourth-order valence-corrected chi connectivity index (χ4v) is 6.07. The molecular weight excluding hydrogens is 471 g/mol. The molecule has 0 radical (unpaired) electrons. The van der Waals surface area contributed by atoms with Crippen LogP contribution in [0, 0.1) is 11.7 Å². The summed E-state index contributed by atoms with van der Waals surface area (Å²) in [7, 11) is 1.75. The second-order valence-electron chi connectivity index (χ2n) is 10.6. The van der Waals surface area contributed by atoms with Crippen LogP contribution in [0.25, 0.3) is 0 Å². The number of carbonyl (C=O) groups is 2. The van der Waals surface area contributed by atoms with Crippen LogP contribution in [0.1, 0.15) is 69.2 Å². The van der Waals surface area contributed by atoms with E-state index in [1.807, 2.05) is 17.9 Å². The van der Waals surface area contributed by atoms with Crippen molar-refractivity contribution in [2.75, 3.05) is 25.0 Å². The second kappa shape index (κ2) is 11.1. The number of likely N-dealkylation sites (tertiary alicyclic amines) is 1. The molecule has 0 spiro atoms. The summed E-state index contributed by atoms with van der Waals surface area (Å²) in [5.74, 6) is 0.532. The molecule has 1 aromatic carbocycles. The molecule has 0 bridgehead atoms. The SMILES string of the molecule is CN[C@@H](C)C(=O)N[C@H](C(=O)N1CCC[C@H]1c1cc(N2CCc3cc(F)ccc32)ncn1)C1CCCCC1. The Kier molecular flexibility index (Phi) is 7.69. The van der Waals surface area contributed by atoms with Crippen molar-refractivity contribution in [1.29, 1.82) is 0 Å². The molecule has 2 amide bonds. The molecule has 3 aliphatic rings. The lowest BCUT2D eigenvalue weighted by Crippen LogP contribution is -2.55. The molecule has 1 saturated heterocycles. The highest BCUT2D eigenvalue weighted by Crippen LogP contribution is 2.38. The molecule has 9 heteroatoms. The number of nitrogens with one attached hydrogen (secondary N) is 2. The monoisotopic (exact) mass is 508 g/mol. The van der Waals surface area contributed by atoms with Crippen LogP contribution in [0.15, 0.2) is 30.6 Å². The van der Waals surface area contributed by atoms with Crippen molar-refractivity contribution in [1.82, 2.24) is 25.5 Å². The number of likely N-dealkylation sites (N-methyl/N-ethyl adjacent to an activating group) is 1. The number of hydrogen-bond donors (Lipinski definition) is 2. The highest BCUT2D eigenvalue weighted by Gasteiger charge is 2.39. The summed E-state index contributed by atoms with van der Waals surface area (Å²) >= 11 is 0. The summed E-state index contributed by atoms with van der Waals surface area (Å²) in [5.41, 5.74) is 2.74. The van der Waals surface area contributed by atoms with Crippen LogP contribution in [-0.2, 0) is 16.0 Å². The third-order valence-electron chi connectivity index (χ3n) is 8.28. The second-order valence-corrected chi connectivity index (χ2v) is 10.6. The van der Waals surface area contributed by atoms with E-state index in [0.717, 1.165) is 74.3 Å². The molecule has 3 heterocycles. The van der Waals surface area contributed by atoms with E-state index < -0.39 is 6.04 Å². The standard InChI is InChI=1S/C28H37FN6O2/c1-18(30-2)27(36)33-26(19-7-4-3-5-8-19)28(37)35-13-6-9-24(35)22-16-25(32-17-31-22)34-14-12-20-15-21(29)10-11-23(20)34/h10-11,15-19,24,26,30H,3-9,12-14H2,1-2H3,(H,33,36)/t18-,24-,26-/m0/s1. The molecule has 1 aromatic heterocycles. The minimum Gasteiger partial charge on any atom is -0.343 e. The first-order valence-corrected chi connectivity index (χ1v) is 13.6. The molecule has 2 aliphatic heterocycles. The Hall–Kier alpha value is -3.07. The lowest BCUT2D eigenvalue weighted by molar-refractivity contribution is -0.139. The molecular formula is C28H37FN6O2. The van der Waals surface area contributed by atoms with Crippen LogP contribution < -0.4 is 15.5 Å². The Balaban J connectivity index is 1.38. The molecule has 5 rings (SSSR count). The highest BCUT2D eigenvalue weighted by molar-refractivity contribution is 5.90. The van der Waals surface area contributed by atoms with Gasteiger partial charge in [-0.1, -0.05) is 19.3 Å². The Morgan fingerprint density at radius 1 is 1.05 bits per heavy atom. The zero-order chi connectivity index (χ0) is 25.9. The molecule has 2 fully saturated rings. The number of amides is 2. The Bertz CT molecular complexity index is 1140. The molecule has 1 saturated carbocycles. The average molecular weight is 509 g/mol. The first-order chi connectivity index (χ1) is 18.0. The Labute approximate surface area is 218 Å². The smallest absolute Gasteiger partial charge is 0.246 e. The van der Waals surface area contributed by atoms with Gasteiger partial charge in [0, 0.05) is 24.8 Å². The third-order valence-corrected chi connectivity index (χ3v) is 8.28. The number of benzene rings is 1. The highest BCUT2D eigenvalue weighted by atomic mass is 19.1. The average Bonchev–Trinajstić information content (AvgIpc) is 3.58. The van der Waals surface area contributed by atoms with Crippen LogP contribution in [0.3, 0.4) is 0 Å². The lowest BCUT2D eigenvalue weighted by Gasteiger charge is -2.35. The van der Waals surface area contributed by atoms with Crippen molar-refractivity contribution in [2.24, 2.45) is 5.92 Å². The molecule has 8 nitrogen and oxygen atoms in total. The van der Waals surface area contributed by atoms with Gasteiger partial charge in [0.1, 0.15) is 24.0 Å². The van der Waals surface area contributed by atoms with Gasteiger partial charge in [-0.25, -0.2) is 14.4 Å². The van der Waals surface area contributed by atoms with Crippen molar-refractivity contribution in [3.05, 3.63) is 47.7 Å². The van der Waals surface area contributed by atoms with Crippen molar-refractivity contribution >= 4 is 23.3 Å². The van der Waals surface area contributed by atoms with E-state index in [2.05, 4.69) is 25.5 Å². The predicted molar refractivity (Wildman–Crippen MR) is 140 cm³/mol. The summed E-state index contributed by atoms with van der Waals surface area (Å²) in [4.78, 5) is 39.9. The van der Waals surface area contributed by atoms with E-state index >= 15 is 0 Å². The number of aromatic nitrogens is 2. The normalized spacial score (nSPS) is 21.5. The number of nitrogens with zero attached hydrogens (tertiary/aromatic N) is 4. The quantitative estimate of drug-likeness (QED) is 0.594. The first-order valence-electron chi connectivity index (χ1n) is 13.6. The van der Waals surface area contributed by atoms with E-state index in [1.165, 1.54) is 12.5 Å². The summed E-state index contributed by atoms with van der Waals surface area (Å²) < 4.78 is 13.7. The van der Waals surface area contributed by atoms with Crippen LogP contribution in [0.5, 0.6) is 0 Å². The molecule has 2 aromatic rings. The number of anilines is 2. The van der Waals surface area contributed by atoms with Crippen LogP contribution in [0.4, 0.5) is 15.9 Å². The van der Waals surface area contributed by atoms with Gasteiger partial charge in [-0.3, -0.25) is 9.59 Å². The van der Waals surface area contributed by atoms with Gasteiger partial charge < -0.3 is 20.4 Å². The van der Waals surface area contributed by atoms with Crippen molar-refractivity contribution in [3.8, 4) is 0 Å². The lowest BCUT2D eigenvalue weighted by atomic mass is 9.83. The maximum Gasteiger partial charge on any atom is 0.246 e. The summed E-state index contributed by atoms with van der Waals surface area (Å²) in [6, 6.07) is 5.78. The summed E-state index contributed by atoms with van der Waals surface area (Å²) in [6.07, 6.45) is 9.29. The number of hydrogen-bond acceptors (Lipinski definition) is 6. The molecule has 0 unspecified atom stereocenters. The fraction of sp³-hybridized carbons (Fsp3) is 0.571. The minimum atomic E-state index is -0.522. The van der Waals surface area contributed by atoms with Crippen LogP contribution >= 0.6 is 0 Å². The Morgan fingerprint density at radius 3 is 2.65 bits per heavy atom. The maximum absolute atomic E-state index is 14.0. The zero-order valence-electron chi connectivity index (χ0n) is 21.8. The van der Waals surface area contributed by atoms with E-state index in [4.69, 9.17) is 0 Å². The first kappa shape index (κ1) is 25.6. The van der Waals surface area contributed by atoms with Gasteiger partial charge in [-0.05, 0) is 75.8 Å². The maximum atomic E-state index is 14.0. The van der Waals surface area contributed by atoms with Gasteiger partial charge in [-0.15, -0.1) is 0 Å². The molecule has 37 heavy (non-hydrogen) atoms. The van der Waals surface area contributed by atoms with Gasteiger partial charge in [0.25, 0.3) is 0 Å². The predicted octanol–water partition coefficient (Wildman–Crippen LogP) is 3.65. The van der Waals surface area contributed by atoms with Gasteiger partial charge in [0.05, 0.1) is 17.8 Å². The minimum absolute atomic E-state index is 0.00629. The van der Waals surface area contributed by atoms with Crippen molar-refractivity contribution in [2.45, 2.75) is 76.4 Å². The van der Waals surface area contributed by atoms with Gasteiger partial charge in [0.2, 0.25) is 11.8 Å². The number of rotatable bonds is 7. The van der Waals surface area contributed by atoms with Crippen LogP contribution in [0.2, 0.25) is 0 Å². The molecule has 3 atom stereocenters. The summed E-state index contributed by atoms with van der Waals surface area (Å²) in [5, 5.41) is 6.07. The number of fused-ring (bicyclic) bond motifs is 1. The fourth-order valence-electron chi connectivity index (χ4n) is 6.07. The largest absolute Gasteiger partial charge is 0.343 e. The van der Waals surface area contributed by atoms with Crippen molar-refractivity contribution in [3.63, 3.8) is 0 Å². The zero-order valence-corrected chi connectivity index (χ0v) is 21.8. The number of carbonyl (C=O) groups excluding carboxylic acids is 2. The van der Waals surface area contributed by atoms with Gasteiger partial charge in [0.15, 0.2) is 0 Å². The van der Waals surface area contributed by atoms with E-state index in [-0.39, 0.29) is 35.6 Å².